The van der Waals surface area contributed by atoms with Gasteiger partial charge in [0.25, 0.3) is 0 Å². The van der Waals surface area contributed by atoms with Crippen molar-refractivity contribution in [2.45, 2.75) is 39.8 Å². The number of nitrogens with zero attached hydrogens (tertiary/aromatic N) is 3. The Labute approximate surface area is 177 Å². The molecule has 150 valence electrons. The second-order valence-corrected chi connectivity index (χ2v) is 6.42. The number of methoxy groups -OCH3 is 1. The van der Waals surface area contributed by atoms with Crippen LogP contribution in [0, 0.1) is 19.7 Å². The molecule has 0 amide bonds. The zero-order chi connectivity index (χ0) is 19.3. The third kappa shape index (κ3) is 6.08. The third-order valence-corrected chi connectivity index (χ3v) is 4.45. The molecule has 27 heavy (non-hydrogen) atoms. The van der Waals surface area contributed by atoms with Gasteiger partial charge in [-0.1, -0.05) is 6.07 Å². The molecular formula is C19H29FIN5O. The van der Waals surface area contributed by atoms with Crippen LogP contribution >= 0.6 is 24.0 Å². The highest BCUT2D eigenvalue weighted by Crippen LogP contribution is 2.17. The van der Waals surface area contributed by atoms with Gasteiger partial charge in [0.15, 0.2) is 17.5 Å². The molecule has 0 fully saturated rings. The lowest BCUT2D eigenvalue weighted by molar-refractivity contribution is 0.386. The number of aryl methyl sites for hydroxylation is 2. The van der Waals surface area contributed by atoms with E-state index in [2.05, 4.69) is 34.6 Å². The molecule has 0 saturated carbocycles. The standard InChI is InChI=1S/C19H28FN5O.HI/c1-12(9-16-13(2)24-25(5)14(16)3)23-19(21-4)22-11-15-7-8-18(26-6)17(20)10-15;/h7-8,10,12H,9,11H2,1-6H3,(H2,21,22,23);1H. The first-order valence-electron chi connectivity index (χ1n) is 8.64. The predicted molar refractivity (Wildman–Crippen MR) is 118 cm³/mol. The summed E-state index contributed by atoms with van der Waals surface area (Å²) in [6, 6.07) is 5.09. The Morgan fingerprint density at radius 3 is 2.59 bits per heavy atom. The number of rotatable bonds is 6. The van der Waals surface area contributed by atoms with Crippen molar-refractivity contribution in [1.82, 2.24) is 20.4 Å². The van der Waals surface area contributed by atoms with Crippen LogP contribution in [-0.2, 0) is 20.0 Å². The van der Waals surface area contributed by atoms with Gasteiger partial charge in [0, 0.05) is 32.4 Å². The minimum Gasteiger partial charge on any atom is -0.494 e. The maximum absolute atomic E-state index is 13.8. The van der Waals surface area contributed by atoms with Crippen LogP contribution in [0.15, 0.2) is 23.2 Å². The Balaban J connectivity index is 0.00000364. The van der Waals surface area contributed by atoms with Crippen LogP contribution in [0.2, 0.25) is 0 Å². The monoisotopic (exact) mass is 489 g/mol. The minimum atomic E-state index is -0.370. The summed E-state index contributed by atoms with van der Waals surface area (Å²) in [7, 11) is 5.13. The van der Waals surface area contributed by atoms with Gasteiger partial charge in [0.1, 0.15) is 0 Å². The van der Waals surface area contributed by atoms with Gasteiger partial charge in [0.2, 0.25) is 0 Å². The lowest BCUT2D eigenvalue weighted by Crippen LogP contribution is -2.42. The van der Waals surface area contributed by atoms with Crippen LogP contribution in [0.1, 0.15) is 29.4 Å². The number of benzene rings is 1. The Kier molecular flexibility index (Phi) is 9.01. The number of hydrogen-bond acceptors (Lipinski definition) is 3. The first-order chi connectivity index (χ1) is 12.3. The van der Waals surface area contributed by atoms with Gasteiger partial charge in [-0.3, -0.25) is 9.67 Å². The molecule has 1 unspecified atom stereocenters. The van der Waals surface area contributed by atoms with Gasteiger partial charge in [-0.2, -0.15) is 5.10 Å². The molecule has 0 aliphatic heterocycles. The van der Waals surface area contributed by atoms with Gasteiger partial charge >= 0.3 is 0 Å². The van der Waals surface area contributed by atoms with Gasteiger partial charge in [-0.15, -0.1) is 24.0 Å². The summed E-state index contributed by atoms with van der Waals surface area (Å²) in [5, 5.41) is 11.0. The van der Waals surface area contributed by atoms with Crippen LogP contribution in [0.5, 0.6) is 5.75 Å². The van der Waals surface area contributed by atoms with Crippen molar-refractivity contribution in [3.05, 3.63) is 46.5 Å². The summed E-state index contributed by atoms with van der Waals surface area (Å²) in [5.41, 5.74) is 4.29. The second kappa shape index (κ2) is 10.5. The largest absolute Gasteiger partial charge is 0.494 e. The number of ether oxygens (including phenoxy) is 1. The number of hydrogen-bond donors (Lipinski definition) is 2. The molecule has 6 nitrogen and oxygen atoms in total. The zero-order valence-corrected chi connectivity index (χ0v) is 19.1. The topological polar surface area (TPSA) is 63.5 Å². The smallest absolute Gasteiger partial charge is 0.191 e. The summed E-state index contributed by atoms with van der Waals surface area (Å²) in [4.78, 5) is 4.25. The summed E-state index contributed by atoms with van der Waals surface area (Å²) < 4.78 is 20.6. The van der Waals surface area contributed by atoms with Crippen molar-refractivity contribution >= 4 is 29.9 Å². The van der Waals surface area contributed by atoms with E-state index >= 15 is 0 Å². The van der Waals surface area contributed by atoms with Gasteiger partial charge in [-0.05, 0) is 50.5 Å². The van der Waals surface area contributed by atoms with Gasteiger partial charge in [0.05, 0.1) is 12.8 Å². The van der Waals surface area contributed by atoms with Crippen LogP contribution in [0.25, 0.3) is 0 Å². The number of aliphatic imine (C=N–C) groups is 1. The lowest BCUT2D eigenvalue weighted by Gasteiger charge is -2.18. The molecule has 0 aliphatic carbocycles. The highest BCUT2D eigenvalue weighted by atomic mass is 127. The molecule has 0 saturated heterocycles. The van der Waals surface area contributed by atoms with E-state index in [9.17, 15) is 4.39 Å². The van der Waals surface area contributed by atoms with E-state index in [1.165, 1.54) is 24.4 Å². The molecule has 1 atom stereocenters. The summed E-state index contributed by atoms with van der Waals surface area (Å²) in [5.74, 6) is 0.547. The normalized spacial score (nSPS) is 12.3. The predicted octanol–water partition coefficient (Wildman–Crippen LogP) is 3.10. The number of nitrogens with one attached hydrogen (secondary N) is 2. The highest BCUT2D eigenvalue weighted by Gasteiger charge is 2.14. The van der Waals surface area contributed by atoms with Crippen LogP contribution in [0.4, 0.5) is 4.39 Å². The molecular weight excluding hydrogens is 460 g/mol. The SMILES string of the molecule is CN=C(NCc1ccc(OC)c(F)c1)NC(C)Cc1c(C)nn(C)c1C.I. The quantitative estimate of drug-likeness (QED) is 0.372. The average molecular weight is 489 g/mol. The molecule has 8 heteroatoms. The van der Waals surface area contributed by atoms with Crippen molar-refractivity contribution in [1.29, 1.82) is 0 Å². The Bertz CT molecular complexity index is 791. The first-order valence-corrected chi connectivity index (χ1v) is 8.64. The minimum absolute atomic E-state index is 0. The summed E-state index contributed by atoms with van der Waals surface area (Å²) in [6.07, 6.45) is 0.851. The summed E-state index contributed by atoms with van der Waals surface area (Å²) in [6.45, 7) is 6.68. The Morgan fingerprint density at radius 1 is 1.37 bits per heavy atom. The molecule has 2 N–H and O–H groups in total. The van der Waals surface area contributed by atoms with Crippen LogP contribution in [-0.4, -0.2) is 35.9 Å². The zero-order valence-electron chi connectivity index (χ0n) is 16.8. The molecule has 1 aromatic carbocycles. The van der Waals surface area contributed by atoms with Crippen molar-refractivity contribution in [3.63, 3.8) is 0 Å². The van der Waals surface area contributed by atoms with E-state index in [4.69, 9.17) is 4.74 Å². The van der Waals surface area contributed by atoms with E-state index in [0.717, 1.165) is 17.7 Å². The maximum atomic E-state index is 13.8. The van der Waals surface area contributed by atoms with E-state index < -0.39 is 0 Å². The van der Waals surface area contributed by atoms with E-state index in [1.54, 1.807) is 13.1 Å². The van der Waals surface area contributed by atoms with Crippen LogP contribution in [0.3, 0.4) is 0 Å². The third-order valence-electron chi connectivity index (χ3n) is 4.45. The van der Waals surface area contributed by atoms with Crippen molar-refractivity contribution in [3.8, 4) is 5.75 Å². The van der Waals surface area contributed by atoms with Gasteiger partial charge in [-0.25, -0.2) is 4.39 Å². The molecule has 2 aromatic rings. The fraction of sp³-hybridized carbons (Fsp3) is 0.474. The molecule has 0 bridgehead atoms. The molecule has 0 spiro atoms. The molecule has 1 aromatic heterocycles. The maximum Gasteiger partial charge on any atom is 0.191 e. The molecule has 0 radical (unpaired) electrons. The van der Waals surface area contributed by atoms with E-state index in [0.29, 0.717) is 12.5 Å². The Hall–Kier alpha value is -1.84. The van der Waals surface area contributed by atoms with Crippen molar-refractivity contribution in [2.75, 3.05) is 14.2 Å². The fourth-order valence-electron chi connectivity index (χ4n) is 2.90. The highest BCUT2D eigenvalue weighted by molar-refractivity contribution is 14.0. The molecule has 0 aliphatic rings. The molecule has 2 rings (SSSR count). The van der Waals surface area contributed by atoms with Crippen LogP contribution < -0.4 is 15.4 Å². The number of aromatic nitrogens is 2. The lowest BCUT2D eigenvalue weighted by atomic mass is 10.1. The first kappa shape index (κ1) is 23.2. The van der Waals surface area contributed by atoms with Crippen molar-refractivity contribution in [2.24, 2.45) is 12.0 Å². The number of halogens is 2. The second-order valence-electron chi connectivity index (χ2n) is 6.42. The average Bonchev–Trinajstić information content (AvgIpc) is 2.84. The van der Waals surface area contributed by atoms with E-state index in [1.807, 2.05) is 24.7 Å². The number of guanidine groups is 1. The fourth-order valence-corrected chi connectivity index (χ4v) is 2.90. The Morgan fingerprint density at radius 2 is 2.07 bits per heavy atom. The van der Waals surface area contributed by atoms with Gasteiger partial charge < -0.3 is 15.4 Å². The summed E-state index contributed by atoms with van der Waals surface area (Å²) >= 11 is 0. The van der Waals surface area contributed by atoms with Crippen molar-refractivity contribution < 1.29 is 9.13 Å². The van der Waals surface area contributed by atoms with E-state index in [-0.39, 0.29) is 41.6 Å². The molecule has 1 heterocycles.